The summed E-state index contributed by atoms with van der Waals surface area (Å²) in [5, 5.41) is 18.4. The Morgan fingerprint density at radius 2 is 1.87 bits per heavy atom. The number of ether oxygens (including phenoxy) is 1. The van der Waals surface area contributed by atoms with Gasteiger partial charge in [0, 0.05) is 0 Å². The Balaban J connectivity index is 4.58. The molecule has 5 heteroatoms. The molecular weight excluding hydrogens is 198 g/mol. The second kappa shape index (κ2) is 4.92. The SMILES string of the molecule is CCC[C@H](C(=O)OC(C)(C)C)C(N)(O)O. The molecule has 0 heterocycles. The third kappa shape index (κ3) is 5.71. The van der Waals surface area contributed by atoms with Crippen molar-refractivity contribution in [2.45, 2.75) is 52.0 Å². The van der Waals surface area contributed by atoms with E-state index in [1.165, 1.54) is 0 Å². The Bertz CT molecular complexity index is 214. The number of hydrogen-bond donors (Lipinski definition) is 3. The summed E-state index contributed by atoms with van der Waals surface area (Å²) in [6.45, 7) is 6.95. The Hall–Kier alpha value is -0.650. The van der Waals surface area contributed by atoms with Crippen molar-refractivity contribution < 1.29 is 19.7 Å². The summed E-state index contributed by atoms with van der Waals surface area (Å²) < 4.78 is 5.04. The first-order valence-corrected chi connectivity index (χ1v) is 5.04. The third-order valence-electron chi connectivity index (χ3n) is 1.78. The third-order valence-corrected chi connectivity index (χ3v) is 1.78. The van der Waals surface area contributed by atoms with Crippen molar-refractivity contribution in [1.82, 2.24) is 0 Å². The van der Waals surface area contributed by atoms with E-state index in [0.29, 0.717) is 6.42 Å². The molecule has 0 bridgehead atoms. The average Bonchev–Trinajstić information content (AvgIpc) is 1.93. The minimum atomic E-state index is -2.52. The highest BCUT2D eigenvalue weighted by molar-refractivity contribution is 5.73. The predicted molar refractivity (Wildman–Crippen MR) is 55.6 cm³/mol. The first kappa shape index (κ1) is 14.3. The van der Waals surface area contributed by atoms with Crippen molar-refractivity contribution in [3.05, 3.63) is 0 Å². The molecule has 15 heavy (non-hydrogen) atoms. The van der Waals surface area contributed by atoms with Crippen LogP contribution >= 0.6 is 0 Å². The first-order valence-electron chi connectivity index (χ1n) is 5.04. The van der Waals surface area contributed by atoms with Crippen LogP contribution < -0.4 is 5.73 Å². The van der Waals surface area contributed by atoms with Gasteiger partial charge in [0.15, 0.2) is 0 Å². The Morgan fingerprint density at radius 3 is 2.13 bits per heavy atom. The van der Waals surface area contributed by atoms with Gasteiger partial charge in [0.1, 0.15) is 11.5 Å². The van der Waals surface area contributed by atoms with Gasteiger partial charge in [-0.25, -0.2) is 0 Å². The van der Waals surface area contributed by atoms with Crippen LogP contribution in [0.3, 0.4) is 0 Å². The van der Waals surface area contributed by atoms with E-state index in [2.05, 4.69) is 0 Å². The van der Waals surface area contributed by atoms with Gasteiger partial charge < -0.3 is 14.9 Å². The van der Waals surface area contributed by atoms with Crippen molar-refractivity contribution in [3.63, 3.8) is 0 Å². The molecule has 0 radical (unpaired) electrons. The van der Waals surface area contributed by atoms with Crippen LogP contribution in [0.25, 0.3) is 0 Å². The van der Waals surface area contributed by atoms with Crippen molar-refractivity contribution in [2.75, 3.05) is 0 Å². The van der Waals surface area contributed by atoms with E-state index < -0.39 is 23.4 Å². The van der Waals surface area contributed by atoms with E-state index in [-0.39, 0.29) is 6.42 Å². The van der Waals surface area contributed by atoms with Gasteiger partial charge in [0.2, 0.25) is 5.91 Å². The maximum absolute atomic E-state index is 11.6. The topological polar surface area (TPSA) is 92.8 Å². The van der Waals surface area contributed by atoms with Crippen LogP contribution in [0.4, 0.5) is 0 Å². The maximum atomic E-state index is 11.6. The highest BCUT2D eigenvalue weighted by atomic mass is 16.6. The molecule has 0 aromatic heterocycles. The van der Waals surface area contributed by atoms with E-state index in [1.54, 1.807) is 20.8 Å². The van der Waals surface area contributed by atoms with Gasteiger partial charge >= 0.3 is 5.97 Å². The maximum Gasteiger partial charge on any atom is 0.316 e. The lowest BCUT2D eigenvalue weighted by Crippen LogP contribution is -2.51. The minimum absolute atomic E-state index is 0.276. The molecule has 5 nitrogen and oxygen atoms in total. The average molecular weight is 219 g/mol. The van der Waals surface area contributed by atoms with Crippen LogP contribution in [0.5, 0.6) is 0 Å². The molecule has 0 aliphatic heterocycles. The zero-order valence-corrected chi connectivity index (χ0v) is 9.78. The lowest BCUT2D eigenvalue weighted by molar-refractivity contribution is -0.216. The molecule has 0 amide bonds. The predicted octanol–water partition coefficient (Wildman–Crippen LogP) is 0.342. The zero-order valence-electron chi connectivity index (χ0n) is 9.78. The van der Waals surface area contributed by atoms with Crippen LogP contribution in [0, 0.1) is 5.92 Å². The smallest absolute Gasteiger partial charge is 0.316 e. The Labute approximate surface area is 90.2 Å². The Kier molecular flexibility index (Phi) is 4.70. The largest absolute Gasteiger partial charge is 0.460 e. The lowest BCUT2D eigenvalue weighted by atomic mass is 9.99. The fourth-order valence-electron chi connectivity index (χ4n) is 1.17. The van der Waals surface area contributed by atoms with E-state index in [1.807, 2.05) is 6.92 Å². The highest BCUT2D eigenvalue weighted by Gasteiger charge is 2.38. The standard InChI is InChI=1S/C10H21NO4/c1-5-6-7(10(11,13)14)8(12)15-9(2,3)4/h7,13-14H,5-6,11H2,1-4H3/t7-/m1/s1. The summed E-state index contributed by atoms with van der Waals surface area (Å²) in [4.78, 5) is 11.6. The molecule has 0 spiro atoms. The summed E-state index contributed by atoms with van der Waals surface area (Å²) in [6, 6.07) is 0. The molecular formula is C10H21NO4. The van der Waals surface area contributed by atoms with Gasteiger partial charge in [-0.15, -0.1) is 0 Å². The number of hydrogen-bond acceptors (Lipinski definition) is 5. The van der Waals surface area contributed by atoms with Crippen LogP contribution in [0.2, 0.25) is 0 Å². The lowest BCUT2D eigenvalue weighted by Gasteiger charge is -2.29. The van der Waals surface area contributed by atoms with Gasteiger partial charge in [-0.1, -0.05) is 13.3 Å². The number of nitrogens with two attached hydrogens (primary N) is 1. The summed E-state index contributed by atoms with van der Waals surface area (Å²) in [5.41, 5.74) is 4.44. The van der Waals surface area contributed by atoms with E-state index in [9.17, 15) is 15.0 Å². The van der Waals surface area contributed by atoms with Crippen LogP contribution in [-0.2, 0) is 9.53 Å². The highest BCUT2D eigenvalue weighted by Crippen LogP contribution is 2.20. The molecule has 0 saturated carbocycles. The van der Waals surface area contributed by atoms with Crippen molar-refractivity contribution in [3.8, 4) is 0 Å². The molecule has 0 aliphatic carbocycles. The summed E-state index contributed by atoms with van der Waals surface area (Å²) >= 11 is 0. The molecule has 4 N–H and O–H groups in total. The van der Waals surface area contributed by atoms with Crippen molar-refractivity contribution in [2.24, 2.45) is 11.7 Å². The molecule has 0 aromatic rings. The summed E-state index contributed by atoms with van der Waals surface area (Å²) in [5.74, 6) is -4.31. The van der Waals surface area contributed by atoms with Gasteiger partial charge in [-0.3, -0.25) is 10.5 Å². The molecule has 0 aromatic carbocycles. The molecule has 0 saturated heterocycles. The number of carbonyl (C=O) groups excluding carboxylic acids is 1. The van der Waals surface area contributed by atoms with Crippen LogP contribution in [0.1, 0.15) is 40.5 Å². The molecule has 90 valence electrons. The quantitative estimate of drug-likeness (QED) is 0.468. The van der Waals surface area contributed by atoms with Gasteiger partial charge in [-0.05, 0) is 27.2 Å². The molecule has 1 atom stereocenters. The van der Waals surface area contributed by atoms with E-state index in [4.69, 9.17) is 10.5 Å². The van der Waals surface area contributed by atoms with Gasteiger partial charge in [-0.2, -0.15) is 0 Å². The van der Waals surface area contributed by atoms with E-state index in [0.717, 1.165) is 0 Å². The van der Waals surface area contributed by atoms with Crippen molar-refractivity contribution >= 4 is 5.97 Å². The minimum Gasteiger partial charge on any atom is -0.460 e. The fourth-order valence-corrected chi connectivity index (χ4v) is 1.17. The Morgan fingerprint density at radius 1 is 1.40 bits per heavy atom. The van der Waals surface area contributed by atoms with Crippen molar-refractivity contribution in [1.29, 1.82) is 0 Å². The van der Waals surface area contributed by atoms with Crippen LogP contribution in [-0.4, -0.2) is 27.7 Å². The van der Waals surface area contributed by atoms with E-state index >= 15 is 0 Å². The second-order valence-electron chi connectivity index (χ2n) is 4.66. The summed E-state index contributed by atoms with van der Waals surface area (Å²) in [7, 11) is 0. The molecule has 0 unspecified atom stereocenters. The molecule has 0 fully saturated rings. The normalized spacial score (nSPS) is 14.9. The zero-order chi connectivity index (χ0) is 12.3. The number of carbonyl (C=O) groups is 1. The molecule has 0 rings (SSSR count). The number of rotatable bonds is 4. The monoisotopic (exact) mass is 219 g/mol. The van der Waals surface area contributed by atoms with Gasteiger partial charge in [0.25, 0.3) is 0 Å². The van der Waals surface area contributed by atoms with Gasteiger partial charge in [0.05, 0.1) is 0 Å². The second-order valence-corrected chi connectivity index (χ2v) is 4.66. The number of esters is 1. The number of aliphatic hydroxyl groups is 2. The first-order chi connectivity index (χ1) is 6.58. The fraction of sp³-hybridized carbons (Fsp3) is 0.900. The summed E-state index contributed by atoms with van der Waals surface area (Å²) in [6.07, 6.45) is 0.891. The van der Waals surface area contributed by atoms with Crippen LogP contribution in [0.15, 0.2) is 0 Å². The molecule has 0 aliphatic rings.